The highest BCUT2D eigenvalue weighted by molar-refractivity contribution is 9.09. The first-order valence-corrected chi connectivity index (χ1v) is 15.3. The summed E-state index contributed by atoms with van der Waals surface area (Å²) in [5.74, 6) is 1.83. The van der Waals surface area contributed by atoms with Crippen molar-refractivity contribution in [3.05, 3.63) is 36.4 Å². The molecule has 2 rings (SSSR count). The van der Waals surface area contributed by atoms with E-state index in [9.17, 15) is 0 Å². The molecular weight excluding hydrogens is 552 g/mol. The molecule has 0 amide bonds. The lowest BCUT2D eigenvalue weighted by Crippen LogP contribution is -2.43. The number of likely N-dealkylation sites (N-methyl/N-ethyl adjacent to an activating group) is 1. The first-order valence-electron chi connectivity index (χ1n) is 12.7. The van der Waals surface area contributed by atoms with Crippen molar-refractivity contribution in [2.75, 3.05) is 37.1 Å². The summed E-state index contributed by atoms with van der Waals surface area (Å²) in [5.41, 5.74) is 7.30. The number of halogens is 1. The zero-order valence-corrected chi connectivity index (χ0v) is 26.9. The highest BCUT2D eigenvalue weighted by atomic mass is 79.9. The Balaban J connectivity index is 0.00000155. The molecule has 1 aliphatic carbocycles. The highest BCUT2D eigenvalue weighted by Gasteiger charge is 2.27. The number of rotatable bonds is 7. The number of nitrogens with zero attached hydrogens (tertiary/aromatic N) is 2. The number of ether oxygens (including phenoxy) is 1. The van der Waals surface area contributed by atoms with Crippen LogP contribution in [-0.2, 0) is 0 Å². The molecule has 0 spiro atoms. The van der Waals surface area contributed by atoms with E-state index in [1.54, 1.807) is 11.8 Å². The van der Waals surface area contributed by atoms with Crippen LogP contribution in [-0.4, -0.2) is 52.5 Å². The fourth-order valence-corrected chi connectivity index (χ4v) is 4.32. The predicted octanol–water partition coefficient (Wildman–Crippen LogP) is 8.10. The van der Waals surface area contributed by atoms with E-state index in [1.807, 2.05) is 57.2 Å². The zero-order chi connectivity index (χ0) is 27.6. The van der Waals surface area contributed by atoms with Crippen molar-refractivity contribution in [3.63, 3.8) is 0 Å². The van der Waals surface area contributed by atoms with Crippen LogP contribution in [0.4, 0.5) is 5.69 Å². The topological polar surface area (TPSA) is 62.9 Å². The third kappa shape index (κ3) is 15.9. The van der Waals surface area contributed by atoms with Gasteiger partial charge < -0.3 is 20.7 Å². The smallest absolute Gasteiger partial charge is 0.199 e. The maximum Gasteiger partial charge on any atom is 0.199 e. The zero-order valence-electron chi connectivity index (χ0n) is 23.7. The van der Waals surface area contributed by atoms with E-state index in [-0.39, 0.29) is 5.54 Å². The van der Waals surface area contributed by atoms with Gasteiger partial charge in [0.15, 0.2) is 10.3 Å². The summed E-state index contributed by atoms with van der Waals surface area (Å²) in [5, 5.41) is 5.10. The number of alkyl halides is 1. The Bertz CT molecular complexity index is 785. The molecule has 1 aromatic carbocycles. The van der Waals surface area contributed by atoms with Crippen molar-refractivity contribution in [2.45, 2.75) is 79.2 Å². The van der Waals surface area contributed by atoms with Crippen LogP contribution in [0.3, 0.4) is 0 Å². The van der Waals surface area contributed by atoms with E-state index >= 15 is 0 Å². The van der Waals surface area contributed by atoms with Crippen LogP contribution >= 0.6 is 39.9 Å². The Morgan fingerprint density at radius 3 is 2.19 bits per heavy atom. The van der Waals surface area contributed by atoms with Crippen LogP contribution in [0.5, 0.6) is 5.75 Å². The van der Waals surface area contributed by atoms with Crippen molar-refractivity contribution in [1.29, 1.82) is 0 Å². The van der Waals surface area contributed by atoms with Gasteiger partial charge >= 0.3 is 0 Å². The molecule has 8 heteroatoms. The van der Waals surface area contributed by atoms with Gasteiger partial charge in [-0.1, -0.05) is 73.0 Å². The molecule has 1 fully saturated rings. The molecule has 0 aliphatic heterocycles. The summed E-state index contributed by atoms with van der Waals surface area (Å²) in [4.78, 5) is 6.49. The third-order valence-corrected chi connectivity index (χ3v) is 7.50. The monoisotopic (exact) mass is 600 g/mol. The normalized spacial score (nSPS) is 15.4. The highest BCUT2D eigenvalue weighted by Crippen LogP contribution is 2.38. The minimum absolute atomic E-state index is 0.0307. The summed E-state index contributed by atoms with van der Waals surface area (Å²) in [7, 11) is 4.11. The Hall–Kier alpha value is -1.09. The number of hydrogen-bond acceptors (Lipinski definition) is 4. The molecule has 1 aromatic rings. The molecule has 1 aliphatic rings. The van der Waals surface area contributed by atoms with Crippen LogP contribution in [0, 0.1) is 5.41 Å². The SMILES string of the molecule is C/C=C\C.CCBr.CN(C)C(C)(C)COc1ccc(NC(=S)/N=C(\N)SCC2(C)CCCCC2)cc1. The largest absolute Gasteiger partial charge is 0.492 e. The summed E-state index contributed by atoms with van der Waals surface area (Å²) < 4.78 is 5.90. The fourth-order valence-electron chi connectivity index (χ4n) is 3.11. The van der Waals surface area contributed by atoms with E-state index in [0.717, 1.165) is 22.5 Å². The lowest BCUT2D eigenvalue weighted by Gasteiger charge is -2.33. The average Bonchev–Trinajstić information content (AvgIpc) is 2.83. The molecule has 5 nitrogen and oxygen atoms in total. The molecule has 0 radical (unpaired) electrons. The van der Waals surface area contributed by atoms with Crippen LogP contribution in [0.2, 0.25) is 0 Å². The summed E-state index contributed by atoms with van der Waals surface area (Å²) in [6, 6.07) is 7.74. The molecule has 3 N–H and O–H groups in total. The second-order valence-corrected chi connectivity index (χ2v) is 12.5. The summed E-state index contributed by atoms with van der Waals surface area (Å²) in [6.07, 6.45) is 10.5. The number of aliphatic imine (C=N–C) groups is 1. The van der Waals surface area contributed by atoms with E-state index in [4.69, 9.17) is 22.7 Å². The number of thioether (sulfide) groups is 1. The molecule has 0 heterocycles. The third-order valence-electron chi connectivity index (χ3n) is 6.08. The van der Waals surface area contributed by atoms with Gasteiger partial charge in [0, 0.05) is 22.3 Å². The van der Waals surface area contributed by atoms with E-state index < -0.39 is 0 Å². The van der Waals surface area contributed by atoms with Gasteiger partial charge in [0.2, 0.25) is 0 Å². The van der Waals surface area contributed by atoms with Crippen LogP contribution in [0.25, 0.3) is 0 Å². The molecule has 0 unspecified atom stereocenters. The Kier molecular flexibility index (Phi) is 18.5. The van der Waals surface area contributed by atoms with Gasteiger partial charge in [-0.15, -0.1) is 0 Å². The molecular formula is C28H49BrN4OS2. The molecule has 36 heavy (non-hydrogen) atoms. The number of nitrogens with two attached hydrogens (primary N) is 1. The fraction of sp³-hybridized carbons (Fsp3) is 0.643. The predicted molar refractivity (Wildman–Crippen MR) is 171 cm³/mol. The van der Waals surface area contributed by atoms with Gasteiger partial charge in [0.25, 0.3) is 0 Å². The molecule has 0 saturated heterocycles. The summed E-state index contributed by atoms with van der Waals surface area (Å²) in [6.45, 7) is 13.3. The first kappa shape index (κ1) is 34.9. The standard InChI is InChI=1S/C22H36N4OS2.C4H8.C2H5Br/c1-21(2,26(4)5)15-27-18-11-9-17(10-12-18)24-20(28)25-19(23)29-16-22(3)13-7-6-8-14-22;1-3-4-2;1-2-3/h9-12H,6-8,13-16H2,1-5H3,(H3,23,24,25,28);3-4H,1-2H3;2H2,1H3/b;4-3-;. The summed E-state index contributed by atoms with van der Waals surface area (Å²) >= 11 is 10.1. The van der Waals surface area contributed by atoms with Crippen LogP contribution in [0.1, 0.15) is 73.6 Å². The molecule has 0 aromatic heterocycles. The quantitative estimate of drug-likeness (QED) is 0.108. The Labute approximate surface area is 239 Å². The second kappa shape index (κ2) is 19.0. The van der Waals surface area contributed by atoms with Gasteiger partial charge in [0.1, 0.15) is 12.4 Å². The molecule has 0 atom stereocenters. The number of amidine groups is 1. The van der Waals surface area contributed by atoms with Crippen LogP contribution < -0.4 is 15.8 Å². The maximum atomic E-state index is 6.09. The second-order valence-electron chi connectivity index (χ2n) is 9.99. The average molecular weight is 602 g/mol. The van der Waals surface area contributed by atoms with Crippen molar-refractivity contribution < 1.29 is 4.74 Å². The maximum absolute atomic E-state index is 6.09. The number of thiocarbonyl (C=S) groups is 1. The van der Waals surface area contributed by atoms with E-state index in [1.165, 1.54) is 32.1 Å². The van der Waals surface area contributed by atoms with Crippen LogP contribution in [0.15, 0.2) is 41.4 Å². The number of benzene rings is 1. The first-order chi connectivity index (χ1) is 16.9. The molecule has 0 bridgehead atoms. The Morgan fingerprint density at radius 1 is 1.19 bits per heavy atom. The van der Waals surface area contributed by atoms with Gasteiger partial charge in [0.05, 0.1) is 0 Å². The minimum atomic E-state index is -0.0307. The number of anilines is 1. The van der Waals surface area contributed by atoms with Gasteiger partial charge in [-0.3, -0.25) is 0 Å². The number of nitrogens with one attached hydrogen (secondary N) is 1. The van der Waals surface area contributed by atoms with Gasteiger partial charge in [-0.05, 0) is 96.5 Å². The Morgan fingerprint density at radius 2 is 1.72 bits per heavy atom. The molecule has 1 saturated carbocycles. The van der Waals surface area contributed by atoms with E-state index in [0.29, 0.717) is 22.3 Å². The van der Waals surface area contributed by atoms with Gasteiger partial charge in [-0.2, -0.15) is 4.99 Å². The van der Waals surface area contributed by atoms with E-state index in [2.05, 4.69) is 66.0 Å². The van der Waals surface area contributed by atoms with Crippen molar-refractivity contribution >= 4 is 55.9 Å². The minimum Gasteiger partial charge on any atom is -0.492 e. The van der Waals surface area contributed by atoms with Gasteiger partial charge in [-0.25, -0.2) is 0 Å². The molecule has 206 valence electrons. The number of hydrogen-bond donors (Lipinski definition) is 2. The number of allylic oxidation sites excluding steroid dienone is 2. The van der Waals surface area contributed by atoms with Crippen molar-refractivity contribution in [1.82, 2.24) is 4.90 Å². The van der Waals surface area contributed by atoms with Crippen molar-refractivity contribution in [3.8, 4) is 5.75 Å². The lowest BCUT2D eigenvalue weighted by molar-refractivity contribution is 0.114. The van der Waals surface area contributed by atoms with Crippen molar-refractivity contribution in [2.24, 2.45) is 16.1 Å². The lowest BCUT2D eigenvalue weighted by atomic mass is 9.77.